The number of rotatable bonds is 4. The van der Waals surface area contributed by atoms with Crippen molar-refractivity contribution < 1.29 is 9.90 Å². The van der Waals surface area contributed by atoms with Crippen LogP contribution in [0.4, 0.5) is 0 Å². The van der Waals surface area contributed by atoms with E-state index in [1.807, 2.05) is 30.5 Å². The van der Waals surface area contributed by atoms with Gasteiger partial charge in [0.05, 0.1) is 5.92 Å². The molecule has 1 fully saturated rings. The summed E-state index contributed by atoms with van der Waals surface area (Å²) >= 11 is 0. The van der Waals surface area contributed by atoms with Gasteiger partial charge < -0.3 is 5.11 Å². The Morgan fingerprint density at radius 3 is 2.84 bits per heavy atom. The summed E-state index contributed by atoms with van der Waals surface area (Å²) in [6, 6.07) is 16.4. The number of fused-ring (bicyclic) bond motifs is 1. The van der Waals surface area contributed by atoms with E-state index >= 15 is 0 Å². The summed E-state index contributed by atoms with van der Waals surface area (Å²) in [6.45, 7) is 2.28. The number of aliphatic carboxylic acids is 1. The van der Waals surface area contributed by atoms with Crippen molar-refractivity contribution in [1.29, 1.82) is 0 Å². The normalized spacial score (nSPS) is 18.5. The van der Waals surface area contributed by atoms with E-state index in [1.165, 1.54) is 0 Å². The average Bonchev–Trinajstić information content (AvgIpc) is 3.00. The van der Waals surface area contributed by atoms with E-state index in [0.717, 1.165) is 48.3 Å². The molecule has 0 radical (unpaired) electrons. The highest BCUT2D eigenvalue weighted by Crippen LogP contribution is 2.25. The maximum atomic E-state index is 11.3. The number of benzene rings is 1. The Hall–Kier alpha value is -2.66. The molecule has 0 aliphatic carbocycles. The van der Waals surface area contributed by atoms with E-state index in [0.29, 0.717) is 6.54 Å². The van der Waals surface area contributed by atoms with Gasteiger partial charge in [0.1, 0.15) is 5.65 Å². The molecule has 5 nitrogen and oxygen atoms in total. The number of hydrogen-bond acceptors (Lipinski definition) is 3. The fraction of sp³-hybridized carbons (Fsp3) is 0.300. The van der Waals surface area contributed by atoms with Gasteiger partial charge in [0.15, 0.2) is 0 Å². The number of carbonyl (C=O) groups is 1. The second-order valence-corrected chi connectivity index (χ2v) is 6.64. The minimum absolute atomic E-state index is 0.263. The molecule has 128 valence electrons. The second-order valence-electron chi connectivity index (χ2n) is 6.64. The van der Waals surface area contributed by atoms with Crippen LogP contribution in [0.5, 0.6) is 0 Å². The monoisotopic (exact) mass is 335 g/mol. The molecule has 1 atom stereocenters. The number of nitrogens with zero attached hydrogens (tertiary/aromatic N) is 3. The van der Waals surface area contributed by atoms with Crippen molar-refractivity contribution in [2.75, 3.05) is 13.1 Å². The van der Waals surface area contributed by atoms with Gasteiger partial charge >= 0.3 is 5.97 Å². The Morgan fingerprint density at radius 2 is 2.04 bits per heavy atom. The molecule has 5 heteroatoms. The van der Waals surface area contributed by atoms with E-state index in [-0.39, 0.29) is 5.92 Å². The average molecular weight is 335 g/mol. The standard InChI is InChI=1S/C20H21N3O2/c24-20(25)16-7-5-11-22(13-16)14-18-12-15-6-4-10-21-19(15)23(18)17-8-2-1-3-9-17/h1-4,6,8-10,12,16H,5,7,11,13-14H2,(H,24,25). The highest BCUT2D eigenvalue weighted by atomic mass is 16.4. The molecule has 25 heavy (non-hydrogen) atoms. The Labute approximate surface area is 146 Å². The van der Waals surface area contributed by atoms with Crippen molar-refractivity contribution in [1.82, 2.24) is 14.5 Å². The molecule has 0 bridgehead atoms. The highest BCUT2D eigenvalue weighted by molar-refractivity contribution is 5.79. The maximum Gasteiger partial charge on any atom is 0.307 e. The van der Waals surface area contributed by atoms with Gasteiger partial charge in [0.2, 0.25) is 0 Å². The molecule has 3 aromatic rings. The molecule has 1 aliphatic rings. The smallest absolute Gasteiger partial charge is 0.307 e. The fourth-order valence-corrected chi connectivity index (χ4v) is 3.70. The number of pyridine rings is 1. The molecular weight excluding hydrogens is 314 g/mol. The van der Waals surface area contributed by atoms with Crippen LogP contribution in [-0.4, -0.2) is 38.6 Å². The number of para-hydroxylation sites is 1. The quantitative estimate of drug-likeness (QED) is 0.794. The first-order valence-electron chi connectivity index (χ1n) is 8.68. The lowest BCUT2D eigenvalue weighted by molar-refractivity contribution is -0.143. The minimum atomic E-state index is -0.685. The molecule has 1 unspecified atom stereocenters. The van der Waals surface area contributed by atoms with E-state index < -0.39 is 5.97 Å². The molecule has 0 amide bonds. The van der Waals surface area contributed by atoms with E-state index in [9.17, 15) is 9.90 Å². The van der Waals surface area contributed by atoms with E-state index in [1.54, 1.807) is 0 Å². The fourth-order valence-electron chi connectivity index (χ4n) is 3.70. The predicted octanol–water partition coefficient (Wildman–Crippen LogP) is 3.32. The van der Waals surface area contributed by atoms with Crippen LogP contribution in [0.25, 0.3) is 16.7 Å². The van der Waals surface area contributed by atoms with Crippen LogP contribution in [0, 0.1) is 5.92 Å². The molecule has 4 rings (SSSR count). The highest BCUT2D eigenvalue weighted by Gasteiger charge is 2.26. The summed E-state index contributed by atoms with van der Waals surface area (Å²) in [7, 11) is 0. The topological polar surface area (TPSA) is 58.4 Å². The van der Waals surface area contributed by atoms with Gasteiger partial charge in [-0.25, -0.2) is 4.98 Å². The predicted molar refractivity (Wildman–Crippen MR) is 96.7 cm³/mol. The van der Waals surface area contributed by atoms with Crippen LogP contribution in [0.1, 0.15) is 18.5 Å². The van der Waals surface area contributed by atoms with Gasteiger partial charge in [-0.1, -0.05) is 18.2 Å². The van der Waals surface area contributed by atoms with Crippen LogP contribution >= 0.6 is 0 Å². The Morgan fingerprint density at radius 1 is 1.20 bits per heavy atom. The first-order valence-corrected chi connectivity index (χ1v) is 8.68. The summed E-state index contributed by atoms with van der Waals surface area (Å²) < 4.78 is 2.18. The molecule has 1 saturated heterocycles. The van der Waals surface area contributed by atoms with Gasteiger partial charge in [-0.3, -0.25) is 14.3 Å². The molecule has 1 aromatic carbocycles. The Kier molecular flexibility index (Phi) is 4.24. The van der Waals surface area contributed by atoms with Gasteiger partial charge in [-0.2, -0.15) is 0 Å². The van der Waals surface area contributed by atoms with Crippen LogP contribution in [0.15, 0.2) is 54.7 Å². The summed E-state index contributed by atoms with van der Waals surface area (Å²) in [5, 5.41) is 10.4. The lowest BCUT2D eigenvalue weighted by atomic mass is 9.98. The number of carboxylic acids is 1. The van der Waals surface area contributed by atoms with Crippen molar-refractivity contribution >= 4 is 17.0 Å². The second kappa shape index (κ2) is 6.69. The van der Waals surface area contributed by atoms with Crippen molar-refractivity contribution in [3.8, 4) is 5.69 Å². The van der Waals surface area contributed by atoms with E-state index in [2.05, 4.69) is 38.7 Å². The zero-order valence-electron chi connectivity index (χ0n) is 14.0. The number of aromatic nitrogens is 2. The van der Waals surface area contributed by atoms with Crippen molar-refractivity contribution in [2.24, 2.45) is 5.92 Å². The first-order chi connectivity index (χ1) is 12.2. The first kappa shape index (κ1) is 15.8. The van der Waals surface area contributed by atoms with Crippen molar-refractivity contribution in [2.45, 2.75) is 19.4 Å². The molecule has 2 aromatic heterocycles. The van der Waals surface area contributed by atoms with Crippen LogP contribution < -0.4 is 0 Å². The summed E-state index contributed by atoms with van der Waals surface area (Å²) in [5.74, 6) is -0.948. The maximum absolute atomic E-state index is 11.3. The zero-order chi connectivity index (χ0) is 17.2. The van der Waals surface area contributed by atoms with Gasteiger partial charge in [0.25, 0.3) is 0 Å². The summed E-state index contributed by atoms with van der Waals surface area (Å²) in [5.41, 5.74) is 3.17. The molecule has 0 spiro atoms. The van der Waals surface area contributed by atoms with Gasteiger partial charge in [-0.15, -0.1) is 0 Å². The Balaban J connectivity index is 1.71. The molecule has 1 aliphatic heterocycles. The lowest BCUT2D eigenvalue weighted by Gasteiger charge is -2.30. The van der Waals surface area contributed by atoms with Gasteiger partial charge in [-0.05, 0) is 49.7 Å². The molecule has 3 heterocycles. The third kappa shape index (κ3) is 3.15. The summed E-state index contributed by atoms with van der Waals surface area (Å²) in [6.07, 6.45) is 3.52. The molecule has 1 N–H and O–H groups in total. The van der Waals surface area contributed by atoms with Gasteiger partial charge in [0, 0.05) is 36.1 Å². The number of carboxylic acid groups (broad SMARTS) is 1. The van der Waals surface area contributed by atoms with Crippen molar-refractivity contribution in [3.05, 3.63) is 60.4 Å². The van der Waals surface area contributed by atoms with E-state index in [4.69, 9.17) is 0 Å². The summed E-state index contributed by atoms with van der Waals surface area (Å²) in [4.78, 5) is 18.2. The van der Waals surface area contributed by atoms with Crippen LogP contribution in [0.3, 0.4) is 0 Å². The molecular formula is C20H21N3O2. The minimum Gasteiger partial charge on any atom is -0.481 e. The lowest BCUT2D eigenvalue weighted by Crippen LogP contribution is -2.38. The number of likely N-dealkylation sites (tertiary alicyclic amines) is 1. The molecule has 0 saturated carbocycles. The van der Waals surface area contributed by atoms with Crippen molar-refractivity contribution in [3.63, 3.8) is 0 Å². The van der Waals surface area contributed by atoms with Crippen LogP contribution in [0.2, 0.25) is 0 Å². The SMILES string of the molecule is O=C(O)C1CCCN(Cc2cc3cccnc3n2-c2ccccc2)C1. The third-order valence-corrected chi connectivity index (χ3v) is 4.89. The third-order valence-electron chi connectivity index (χ3n) is 4.89. The van der Waals surface area contributed by atoms with Crippen LogP contribution in [-0.2, 0) is 11.3 Å². The Bertz CT molecular complexity index is 888. The number of piperidine rings is 1. The zero-order valence-corrected chi connectivity index (χ0v) is 14.0. The largest absolute Gasteiger partial charge is 0.481 e. The number of hydrogen-bond donors (Lipinski definition) is 1.